The fourth-order valence-corrected chi connectivity index (χ4v) is 1.72. The van der Waals surface area contributed by atoms with Crippen molar-refractivity contribution in [2.45, 2.75) is 6.54 Å². The van der Waals surface area contributed by atoms with Crippen LogP contribution in [0, 0.1) is 11.8 Å². The number of hydrogen-bond acceptors (Lipinski definition) is 4. The Morgan fingerprint density at radius 3 is 2.74 bits per heavy atom. The molecule has 1 aromatic rings. The number of aliphatic hydroxyl groups excluding tert-OH is 1. The summed E-state index contributed by atoms with van der Waals surface area (Å²) in [6, 6.07) is 5.91. The lowest BCUT2D eigenvalue weighted by Gasteiger charge is -2.16. The molecule has 104 valence electrons. The summed E-state index contributed by atoms with van der Waals surface area (Å²) in [5.41, 5.74) is 1.95. The first kappa shape index (κ1) is 15.5. The third-order valence-corrected chi connectivity index (χ3v) is 2.70. The van der Waals surface area contributed by atoms with Crippen LogP contribution in [0.5, 0.6) is 5.75 Å². The van der Waals surface area contributed by atoms with Crippen molar-refractivity contribution in [1.82, 2.24) is 4.90 Å². The summed E-state index contributed by atoms with van der Waals surface area (Å²) in [6.45, 7) is 2.26. The molecule has 0 amide bonds. The largest absolute Gasteiger partial charge is 0.495 e. The van der Waals surface area contributed by atoms with Crippen LogP contribution < -0.4 is 4.74 Å². The predicted molar refractivity (Wildman–Crippen MR) is 75.2 cm³/mol. The molecular weight excluding hydrogens is 242 g/mol. The minimum atomic E-state index is -0.152. The molecule has 1 rings (SSSR count). The number of aliphatic hydroxyl groups is 1. The maximum atomic E-state index is 8.77. The summed E-state index contributed by atoms with van der Waals surface area (Å²) >= 11 is 0. The third-order valence-electron chi connectivity index (χ3n) is 2.70. The molecule has 0 aliphatic rings. The molecule has 0 saturated heterocycles. The van der Waals surface area contributed by atoms with Gasteiger partial charge in [0.1, 0.15) is 12.4 Å². The minimum Gasteiger partial charge on any atom is -0.495 e. The molecule has 0 aliphatic heterocycles. The van der Waals surface area contributed by atoms with Crippen molar-refractivity contribution in [3.8, 4) is 17.6 Å². The predicted octanol–water partition coefficient (Wildman–Crippen LogP) is 1.12. The van der Waals surface area contributed by atoms with E-state index in [-0.39, 0.29) is 6.61 Å². The molecule has 0 aromatic heterocycles. The fourth-order valence-electron chi connectivity index (χ4n) is 1.72. The van der Waals surface area contributed by atoms with E-state index in [9.17, 15) is 0 Å². The Kier molecular flexibility index (Phi) is 6.98. The molecule has 0 bridgehead atoms. The Labute approximate surface area is 114 Å². The van der Waals surface area contributed by atoms with Crippen LogP contribution in [0.2, 0.25) is 0 Å². The van der Waals surface area contributed by atoms with E-state index in [1.54, 1.807) is 14.2 Å². The zero-order valence-electron chi connectivity index (χ0n) is 11.8. The first-order valence-corrected chi connectivity index (χ1v) is 6.15. The van der Waals surface area contributed by atoms with E-state index < -0.39 is 0 Å². The third kappa shape index (κ3) is 5.31. The van der Waals surface area contributed by atoms with E-state index in [1.807, 2.05) is 25.2 Å². The molecule has 1 aromatic carbocycles. The molecule has 4 nitrogen and oxygen atoms in total. The average Bonchev–Trinajstić information content (AvgIpc) is 2.43. The van der Waals surface area contributed by atoms with Crippen LogP contribution in [0.3, 0.4) is 0 Å². The molecule has 0 radical (unpaired) electrons. The summed E-state index contributed by atoms with van der Waals surface area (Å²) in [5.74, 6) is 6.27. The van der Waals surface area contributed by atoms with Gasteiger partial charge in [-0.05, 0) is 24.7 Å². The molecule has 0 unspecified atom stereocenters. The molecule has 0 spiro atoms. The Morgan fingerprint density at radius 1 is 1.32 bits per heavy atom. The normalized spacial score (nSPS) is 10.2. The highest BCUT2D eigenvalue weighted by atomic mass is 16.5. The summed E-state index contributed by atoms with van der Waals surface area (Å²) in [4.78, 5) is 2.18. The van der Waals surface area contributed by atoms with Crippen LogP contribution in [0.4, 0.5) is 0 Å². The highest BCUT2D eigenvalue weighted by Gasteiger charge is 2.05. The smallest absolute Gasteiger partial charge is 0.134 e. The zero-order chi connectivity index (χ0) is 14.1. The molecule has 0 aliphatic carbocycles. The number of hydrogen-bond donors (Lipinski definition) is 1. The van der Waals surface area contributed by atoms with Gasteiger partial charge in [-0.2, -0.15) is 0 Å². The van der Waals surface area contributed by atoms with E-state index in [1.165, 1.54) is 0 Å². The van der Waals surface area contributed by atoms with Gasteiger partial charge in [0.25, 0.3) is 0 Å². The number of likely N-dealkylation sites (N-methyl/N-ethyl adjacent to an activating group) is 1. The summed E-state index contributed by atoms with van der Waals surface area (Å²) in [6.07, 6.45) is 0. The highest BCUT2D eigenvalue weighted by Crippen LogP contribution is 2.19. The molecule has 19 heavy (non-hydrogen) atoms. The molecule has 0 atom stereocenters. The number of methoxy groups -OCH3 is 2. The number of benzene rings is 1. The Hall–Kier alpha value is -1.54. The standard InChI is InChI=1S/C15H21NO3/c1-16(8-10-18-2)12-13-6-7-15(19-3)14(11-13)5-4-9-17/h6-7,11,17H,8-10,12H2,1-3H3. The minimum absolute atomic E-state index is 0.152. The average molecular weight is 263 g/mol. The summed E-state index contributed by atoms with van der Waals surface area (Å²) in [5, 5.41) is 8.77. The van der Waals surface area contributed by atoms with Crippen LogP contribution in [-0.2, 0) is 11.3 Å². The van der Waals surface area contributed by atoms with Gasteiger partial charge in [0.2, 0.25) is 0 Å². The van der Waals surface area contributed by atoms with Crippen LogP contribution >= 0.6 is 0 Å². The zero-order valence-corrected chi connectivity index (χ0v) is 11.8. The van der Waals surface area contributed by atoms with Crippen molar-refractivity contribution in [2.75, 3.05) is 41.0 Å². The SMILES string of the molecule is COCCN(C)Cc1ccc(OC)c(C#CCO)c1. The van der Waals surface area contributed by atoms with Crippen LogP contribution in [0.15, 0.2) is 18.2 Å². The summed E-state index contributed by atoms with van der Waals surface area (Å²) < 4.78 is 10.3. The Bertz CT molecular complexity index is 448. The first-order valence-electron chi connectivity index (χ1n) is 6.15. The Morgan fingerprint density at radius 2 is 2.11 bits per heavy atom. The quantitative estimate of drug-likeness (QED) is 0.781. The second kappa shape index (κ2) is 8.54. The van der Waals surface area contributed by atoms with E-state index in [0.717, 1.165) is 30.0 Å². The second-order valence-electron chi connectivity index (χ2n) is 4.23. The molecule has 1 N–H and O–H groups in total. The Balaban J connectivity index is 2.80. The van der Waals surface area contributed by atoms with E-state index in [0.29, 0.717) is 6.61 Å². The van der Waals surface area contributed by atoms with Gasteiger partial charge in [0.15, 0.2) is 0 Å². The lowest BCUT2D eigenvalue weighted by atomic mass is 10.1. The van der Waals surface area contributed by atoms with Gasteiger partial charge in [-0.3, -0.25) is 4.90 Å². The van der Waals surface area contributed by atoms with E-state index >= 15 is 0 Å². The van der Waals surface area contributed by atoms with Crippen molar-refractivity contribution in [1.29, 1.82) is 0 Å². The van der Waals surface area contributed by atoms with Gasteiger partial charge in [-0.1, -0.05) is 17.9 Å². The van der Waals surface area contributed by atoms with Crippen LogP contribution in [0.25, 0.3) is 0 Å². The van der Waals surface area contributed by atoms with Crippen molar-refractivity contribution >= 4 is 0 Å². The van der Waals surface area contributed by atoms with Crippen molar-refractivity contribution in [2.24, 2.45) is 0 Å². The van der Waals surface area contributed by atoms with Crippen molar-refractivity contribution < 1.29 is 14.6 Å². The maximum Gasteiger partial charge on any atom is 0.134 e. The molecular formula is C15H21NO3. The van der Waals surface area contributed by atoms with Gasteiger partial charge in [0.05, 0.1) is 19.3 Å². The molecule has 0 saturated carbocycles. The molecule has 0 heterocycles. The van der Waals surface area contributed by atoms with Gasteiger partial charge in [-0.25, -0.2) is 0 Å². The lowest BCUT2D eigenvalue weighted by Crippen LogP contribution is -2.22. The van der Waals surface area contributed by atoms with Crippen molar-refractivity contribution in [3.05, 3.63) is 29.3 Å². The van der Waals surface area contributed by atoms with Crippen molar-refractivity contribution in [3.63, 3.8) is 0 Å². The number of rotatable bonds is 6. The topological polar surface area (TPSA) is 41.9 Å². The van der Waals surface area contributed by atoms with Crippen LogP contribution in [0.1, 0.15) is 11.1 Å². The fraction of sp³-hybridized carbons (Fsp3) is 0.467. The lowest BCUT2D eigenvalue weighted by molar-refractivity contribution is 0.158. The molecule has 0 fully saturated rings. The number of ether oxygens (including phenoxy) is 2. The number of nitrogens with zero attached hydrogens (tertiary/aromatic N) is 1. The molecule has 4 heteroatoms. The van der Waals surface area contributed by atoms with E-state index in [2.05, 4.69) is 16.7 Å². The monoisotopic (exact) mass is 263 g/mol. The first-order chi connectivity index (χ1) is 9.21. The van der Waals surface area contributed by atoms with Gasteiger partial charge < -0.3 is 14.6 Å². The van der Waals surface area contributed by atoms with Gasteiger partial charge in [0, 0.05) is 20.2 Å². The van der Waals surface area contributed by atoms with Gasteiger partial charge >= 0.3 is 0 Å². The van der Waals surface area contributed by atoms with Crippen LogP contribution in [-0.4, -0.2) is 51.0 Å². The second-order valence-corrected chi connectivity index (χ2v) is 4.23. The maximum absolute atomic E-state index is 8.77. The highest BCUT2D eigenvalue weighted by molar-refractivity contribution is 5.48. The van der Waals surface area contributed by atoms with E-state index in [4.69, 9.17) is 14.6 Å². The summed E-state index contributed by atoms with van der Waals surface area (Å²) in [7, 11) is 5.36. The van der Waals surface area contributed by atoms with Gasteiger partial charge in [-0.15, -0.1) is 0 Å².